The van der Waals surface area contributed by atoms with E-state index in [0.717, 1.165) is 33.8 Å². The van der Waals surface area contributed by atoms with Crippen LogP contribution in [0.25, 0.3) is 17.5 Å². The van der Waals surface area contributed by atoms with Crippen LogP contribution in [0, 0.1) is 27.7 Å². The maximum absolute atomic E-state index is 14.3. The Balaban J connectivity index is 1.60. The fourth-order valence-electron chi connectivity index (χ4n) is 5.95. The first-order chi connectivity index (χ1) is 21.2. The Hall–Kier alpha value is -4.46. The normalized spacial score (nSPS) is 14.9. The lowest BCUT2D eigenvalue weighted by molar-refractivity contribution is -0.138. The van der Waals surface area contributed by atoms with Crippen molar-refractivity contribution in [3.05, 3.63) is 148 Å². The molecule has 0 bridgehead atoms. The van der Waals surface area contributed by atoms with E-state index in [1.807, 2.05) is 48.5 Å². The highest BCUT2D eigenvalue weighted by Crippen LogP contribution is 2.35. The molecule has 44 heavy (non-hydrogen) atoms. The number of hydrogen-bond donors (Lipinski definition) is 0. The third-order valence-corrected chi connectivity index (χ3v) is 9.02. The molecule has 6 rings (SSSR count). The van der Waals surface area contributed by atoms with Gasteiger partial charge in [-0.25, -0.2) is 9.79 Å². The molecule has 3 heterocycles. The Morgan fingerprint density at radius 3 is 2.32 bits per heavy atom. The van der Waals surface area contributed by atoms with E-state index in [1.165, 1.54) is 22.5 Å². The van der Waals surface area contributed by atoms with E-state index in [9.17, 15) is 9.59 Å². The monoisotopic (exact) mass is 621 g/mol. The third kappa shape index (κ3) is 5.38. The molecule has 0 radical (unpaired) electrons. The molecule has 5 aromatic rings. The lowest BCUT2D eigenvalue weighted by Gasteiger charge is -2.25. The summed E-state index contributed by atoms with van der Waals surface area (Å²) in [5, 5.41) is 0.560. The van der Waals surface area contributed by atoms with E-state index in [0.29, 0.717) is 25.6 Å². The number of aromatic nitrogens is 2. The number of ether oxygens (including phenoxy) is 1. The van der Waals surface area contributed by atoms with E-state index in [4.69, 9.17) is 21.3 Å². The summed E-state index contributed by atoms with van der Waals surface area (Å²) < 4.78 is 9.91. The van der Waals surface area contributed by atoms with Crippen molar-refractivity contribution in [1.82, 2.24) is 9.13 Å². The zero-order valence-electron chi connectivity index (χ0n) is 25.2. The number of aryl methyl sites for hydroxylation is 3. The predicted molar refractivity (Wildman–Crippen MR) is 177 cm³/mol. The van der Waals surface area contributed by atoms with Gasteiger partial charge in [0, 0.05) is 27.7 Å². The van der Waals surface area contributed by atoms with Crippen LogP contribution >= 0.6 is 22.9 Å². The molecule has 8 heteroatoms. The van der Waals surface area contributed by atoms with E-state index in [1.54, 1.807) is 23.6 Å². The van der Waals surface area contributed by atoms with Gasteiger partial charge < -0.3 is 9.30 Å². The molecule has 6 nitrogen and oxygen atoms in total. The molecule has 0 amide bonds. The van der Waals surface area contributed by atoms with Crippen molar-refractivity contribution in [3.8, 4) is 5.69 Å². The molecule has 222 valence electrons. The van der Waals surface area contributed by atoms with Crippen molar-refractivity contribution in [2.45, 2.75) is 40.7 Å². The lowest BCUT2D eigenvalue weighted by Crippen LogP contribution is -2.40. The smallest absolute Gasteiger partial charge is 0.338 e. The van der Waals surface area contributed by atoms with E-state index < -0.39 is 12.0 Å². The summed E-state index contributed by atoms with van der Waals surface area (Å²) in [6.45, 7) is 10.3. The van der Waals surface area contributed by atoms with Crippen molar-refractivity contribution >= 4 is 40.7 Å². The van der Waals surface area contributed by atoms with Gasteiger partial charge in [0.25, 0.3) is 5.56 Å². The highest BCUT2D eigenvalue weighted by molar-refractivity contribution is 7.07. The number of carbonyl (C=O) groups excluding carboxylic acids is 1. The average Bonchev–Trinajstić information content (AvgIpc) is 3.46. The lowest BCUT2D eigenvalue weighted by atomic mass is 9.93. The minimum atomic E-state index is -0.748. The fourth-order valence-corrected chi connectivity index (χ4v) is 7.07. The van der Waals surface area contributed by atoms with Crippen molar-refractivity contribution < 1.29 is 9.53 Å². The van der Waals surface area contributed by atoms with Gasteiger partial charge in [0.2, 0.25) is 0 Å². The first kappa shape index (κ1) is 29.6. The molecule has 0 unspecified atom stereocenters. The SMILES string of the molecule is CCOC(=O)C1=C(c2ccccc2)N=c2s/c(=C/c3cc(C)n(-c4cc(C)cc(C)c4)c3C)c(=O)n2[C@H]1c1ccc(Cl)cc1. The Labute approximate surface area is 264 Å². The molecule has 0 aliphatic carbocycles. The predicted octanol–water partition coefficient (Wildman–Crippen LogP) is 6.61. The van der Waals surface area contributed by atoms with E-state index in [-0.39, 0.29) is 12.2 Å². The van der Waals surface area contributed by atoms with Crippen molar-refractivity contribution in [2.75, 3.05) is 6.61 Å². The summed E-state index contributed by atoms with van der Waals surface area (Å²) in [6, 6.07) is 24.6. The summed E-state index contributed by atoms with van der Waals surface area (Å²) >= 11 is 7.56. The summed E-state index contributed by atoms with van der Waals surface area (Å²) in [5.41, 5.74) is 8.61. The number of hydrogen-bond acceptors (Lipinski definition) is 5. The number of nitrogens with zero attached hydrogens (tertiary/aromatic N) is 3. The molecule has 0 spiro atoms. The Morgan fingerprint density at radius 2 is 1.66 bits per heavy atom. The molecule has 0 saturated heterocycles. The Morgan fingerprint density at radius 1 is 0.977 bits per heavy atom. The van der Waals surface area contributed by atoms with Gasteiger partial charge in [0.1, 0.15) is 0 Å². The van der Waals surface area contributed by atoms with Crippen LogP contribution in [0.2, 0.25) is 5.02 Å². The van der Waals surface area contributed by atoms with Gasteiger partial charge in [-0.1, -0.05) is 71.5 Å². The molecular weight excluding hydrogens is 590 g/mol. The molecule has 3 aromatic carbocycles. The molecular formula is C36H32ClN3O3S. The first-order valence-corrected chi connectivity index (χ1v) is 15.7. The maximum atomic E-state index is 14.3. The van der Waals surface area contributed by atoms with Crippen LogP contribution in [0.5, 0.6) is 0 Å². The van der Waals surface area contributed by atoms with E-state index in [2.05, 4.69) is 56.5 Å². The van der Waals surface area contributed by atoms with Gasteiger partial charge in [-0.3, -0.25) is 9.36 Å². The van der Waals surface area contributed by atoms with Gasteiger partial charge in [-0.05, 0) is 93.3 Å². The van der Waals surface area contributed by atoms with Crippen LogP contribution < -0.4 is 14.9 Å². The second-order valence-electron chi connectivity index (χ2n) is 11.0. The summed E-state index contributed by atoms with van der Waals surface area (Å²) in [5.74, 6) is -0.513. The Kier molecular flexibility index (Phi) is 8.01. The first-order valence-electron chi connectivity index (χ1n) is 14.5. The van der Waals surface area contributed by atoms with Gasteiger partial charge in [-0.15, -0.1) is 0 Å². The Bertz CT molecular complexity index is 2100. The summed E-state index contributed by atoms with van der Waals surface area (Å²) in [4.78, 5) is 33.4. The van der Waals surface area contributed by atoms with Crippen molar-refractivity contribution in [2.24, 2.45) is 4.99 Å². The molecule has 1 aliphatic rings. The largest absolute Gasteiger partial charge is 0.463 e. The molecule has 0 N–H and O–H groups in total. The fraction of sp³-hybridized carbons (Fsp3) is 0.194. The number of thiazole rings is 1. The number of fused-ring (bicyclic) bond motifs is 1. The maximum Gasteiger partial charge on any atom is 0.338 e. The third-order valence-electron chi connectivity index (χ3n) is 7.78. The number of rotatable bonds is 6. The zero-order valence-corrected chi connectivity index (χ0v) is 26.8. The van der Waals surface area contributed by atoms with Crippen LogP contribution in [0.1, 0.15) is 52.2 Å². The van der Waals surface area contributed by atoms with Crippen LogP contribution in [-0.2, 0) is 9.53 Å². The molecule has 1 aliphatic heterocycles. The van der Waals surface area contributed by atoms with Crippen LogP contribution in [0.4, 0.5) is 0 Å². The molecule has 0 saturated carbocycles. The van der Waals surface area contributed by atoms with Gasteiger partial charge in [0.05, 0.1) is 28.5 Å². The highest BCUT2D eigenvalue weighted by atomic mass is 35.5. The standard InChI is InChI=1S/C36H32ClN3O3S/c1-6-43-35(42)31-32(25-10-8-7-9-11-25)38-36-40(33(31)26-12-14-28(37)15-13-26)34(41)30(44-36)20-27-19-23(4)39(24(27)5)29-17-21(2)16-22(3)18-29/h7-20,33H,6H2,1-5H3/b30-20+/t33-/m0/s1. The number of esters is 1. The second-order valence-corrected chi connectivity index (χ2v) is 12.4. The van der Waals surface area contributed by atoms with Gasteiger partial charge in [0.15, 0.2) is 4.80 Å². The van der Waals surface area contributed by atoms with Crippen LogP contribution in [-0.4, -0.2) is 21.7 Å². The van der Waals surface area contributed by atoms with Crippen LogP contribution in [0.3, 0.4) is 0 Å². The molecule has 1 atom stereocenters. The number of benzene rings is 3. The summed E-state index contributed by atoms with van der Waals surface area (Å²) in [7, 11) is 0. The topological polar surface area (TPSA) is 65.6 Å². The molecule has 0 fully saturated rings. The number of carbonyl (C=O) groups is 1. The van der Waals surface area contributed by atoms with Crippen molar-refractivity contribution in [3.63, 3.8) is 0 Å². The van der Waals surface area contributed by atoms with Gasteiger partial charge >= 0.3 is 5.97 Å². The highest BCUT2D eigenvalue weighted by Gasteiger charge is 2.35. The minimum Gasteiger partial charge on any atom is -0.463 e. The van der Waals surface area contributed by atoms with E-state index >= 15 is 0 Å². The second kappa shape index (κ2) is 11.9. The zero-order chi connectivity index (χ0) is 31.1. The van der Waals surface area contributed by atoms with Gasteiger partial charge in [-0.2, -0.15) is 0 Å². The quantitative estimate of drug-likeness (QED) is 0.200. The van der Waals surface area contributed by atoms with Crippen molar-refractivity contribution in [1.29, 1.82) is 0 Å². The average molecular weight is 622 g/mol. The molecule has 2 aromatic heterocycles. The summed E-state index contributed by atoms with van der Waals surface area (Å²) in [6.07, 6.45) is 1.93. The van der Waals surface area contributed by atoms with Crippen LogP contribution in [0.15, 0.2) is 94.2 Å². The number of halogens is 1. The minimum absolute atomic E-state index is 0.193.